The highest BCUT2D eigenvalue weighted by atomic mass is 16.5. The molecule has 104 valence electrons. The number of methoxy groups -OCH3 is 1. The lowest BCUT2D eigenvalue weighted by atomic mass is 10.1. The molecule has 6 heteroatoms. The number of imidazole rings is 1. The van der Waals surface area contributed by atoms with E-state index in [1.807, 2.05) is 0 Å². The van der Waals surface area contributed by atoms with E-state index >= 15 is 0 Å². The number of nitrogens with zero attached hydrogens (tertiary/aromatic N) is 3. The van der Waals surface area contributed by atoms with Gasteiger partial charge in [0.2, 0.25) is 0 Å². The number of hydrogen-bond donors (Lipinski definition) is 1. The fourth-order valence-corrected chi connectivity index (χ4v) is 1.83. The van der Waals surface area contributed by atoms with Gasteiger partial charge in [0.05, 0.1) is 7.11 Å². The Hall–Kier alpha value is -2.63. The number of carbonyl (C=O) groups is 1. The van der Waals surface area contributed by atoms with Gasteiger partial charge in [-0.25, -0.2) is 4.98 Å². The Morgan fingerprint density at radius 3 is 2.60 bits per heavy atom. The Balaban J connectivity index is 2.16. The molecule has 0 amide bonds. The van der Waals surface area contributed by atoms with Gasteiger partial charge in [-0.1, -0.05) is 17.3 Å². The number of hydrogen-bond acceptors (Lipinski definition) is 5. The predicted octanol–water partition coefficient (Wildman–Crippen LogP) is 1.42. The first-order valence-electron chi connectivity index (χ1n) is 6.01. The van der Waals surface area contributed by atoms with Gasteiger partial charge in [-0.3, -0.25) is 4.79 Å². The van der Waals surface area contributed by atoms with Crippen molar-refractivity contribution in [1.29, 1.82) is 0 Å². The SMILES string of the molecule is COc1ccc(CC(=O)/C(=N/O)c2nccn2C)cc1. The number of oxime groups is 1. The van der Waals surface area contributed by atoms with Crippen LogP contribution in [0.25, 0.3) is 0 Å². The topological polar surface area (TPSA) is 76.7 Å². The summed E-state index contributed by atoms with van der Waals surface area (Å²) >= 11 is 0. The average Bonchev–Trinajstić information content (AvgIpc) is 2.87. The van der Waals surface area contributed by atoms with E-state index in [1.165, 1.54) is 0 Å². The standard InChI is InChI=1S/C14H15N3O3/c1-17-8-7-15-14(17)13(16-19)12(18)9-10-3-5-11(20-2)6-4-10/h3-8,19H,9H2,1-2H3/b16-13-. The Morgan fingerprint density at radius 1 is 1.40 bits per heavy atom. The molecule has 0 saturated heterocycles. The quantitative estimate of drug-likeness (QED) is 0.508. The van der Waals surface area contributed by atoms with E-state index in [1.54, 1.807) is 55.4 Å². The van der Waals surface area contributed by atoms with Crippen molar-refractivity contribution in [2.45, 2.75) is 6.42 Å². The van der Waals surface area contributed by atoms with Crippen LogP contribution >= 0.6 is 0 Å². The van der Waals surface area contributed by atoms with E-state index in [-0.39, 0.29) is 17.9 Å². The molecular formula is C14H15N3O3. The zero-order valence-corrected chi connectivity index (χ0v) is 11.3. The molecule has 0 unspecified atom stereocenters. The van der Waals surface area contributed by atoms with Gasteiger partial charge in [-0.05, 0) is 17.7 Å². The number of Topliss-reactive ketones (excluding diaryl/α,β-unsaturated/α-hetero) is 1. The third-order valence-corrected chi connectivity index (χ3v) is 2.92. The molecule has 1 aromatic heterocycles. The Bertz CT molecular complexity index is 629. The van der Waals surface area contributed by atoms with Crippen molar-refractivity contribution in [2.75, 3.05) is 7.11 Å². The fraction of sp³-hybridized carbons (Fsp3) is 0.214. The maximum atomic E-state index is 12.2. The number of aromatic nitrogens is 2. The van der Waals surface area contributed by atoms with Crippen molar-refractivity contribution in [3.63, 3.8) is 0 Å². The largest absolute Gasteiger partial charge is 0.497 e. The molecular weight excluding hydrogens is 258 g/mol. The van der Waals surface area contributed by atoms with E-state index in [0.29, 0.717) is 5.82 Å². The number of ether oxygens (including phenoxy) is 1. The molecule has 0 aliphatic carbocycles. The lowest BCUT2D eigenvalue weighted by molar-refractivity contribution is -0.112. The summed E-state index contributed by atoms with van der Waals surface area (Å²) in [6.45, 7) is 0. The van der Waals surface area contributed by atoms with Crippen LogP contribution in [-0.4, -0.2) is 33.4 Å². The van der Waals surface area contributed by atoms with Crippen molar-refractivity contribution < 1.29 is 14.7 Å². The highest BCUT2D eigenvalue weighted by Crippen LogP contribution is 2.12. The van der Waals surface area contributed by atoms with E-state index < -0.39 is 0 Å². The van der Waals surface area contributed by atoms with Crippen molar-refractivity contribution >= 4 is 11.5 Å². The molecule has 1 aromatic carbocycles. The van der Waals surface area contributed by atoms with E-state index in [2.05, 4.69) is 10.1 Å². The van der Waals surface area contributed by atoms with Gasteiger partial charge in [-0.2, -0.15) is 0 Å². The van der Waals surface area contributed by atoms with Crippen LogP contribution in [0.4, 0.5) is 0 Å². The van der Waals surface area contributed by atoms with Gasteiger partial charge in [0.15, 0.2) is 17.3 Å². The molecule has 0 saturated carbocycles. The highest BCUT2D eigenvalue weighted by Gasteiger charge is 2.19. The second-order valence-corrected chi connectivity index (χ2v) is 4.26. The van der Waals surface area contributed by atoms with Crippen LogP contribution in [0.1, 0.15) is 11.4 Å². The van der Waals surface area contributed by atoms with Gasteiger partial charge in [0, 0.05) is 25.9 Å². The van der Waals surface area contributed by atoms with Crippen LogP contribution < -0.4 is 4.74 Å². The first-order chi connectivity index (χ1) is 9.65. The third-order valence-electron chi connectivity index (χ3n) is 2.92. The fourth-order valence-electron chi connectivity index (χ4n) is 1.83. The Kier molecular flexibility index (Phi) is 4.14. The number of rotatable bonds is 5. The molecule has 0 radical (unpaired) electrons. The van der Waals surface area contributed by atoms with Crippen molar-refractivity contribution in [3.8, 4) is 5.75 Å². The maximum Gasteiger partial charge on any atom is 0.192 e. The highest BCUT2D eigenvalue weighted by molar-refractivity contribution is 6.45. The zero-order valence-electron chi connectivity index (χ0n) is 11.3. The molecule has 0 aliphatic heterocycles. The smallest absolute Gasteiger partial charge is 0.192 e. The van der Waals surface area contributed by atoms with Crippen molar-refractivity contribution in [3.05, 3.63) is 48.0 Å². The van der Waals surface area contributed by atoms with Crippen LogP contribution in [0.15, 0.2) is 41.8 Å². The molecule has 0 fully saturated rings. The minimum Gasteiger partial charge on any atom is -0.497 e. The minimum atomic E-state index is -0.299. The number of benzene rings is 1. The minimum absolute atomic E-state index is 0.0479. The van der Waals surface area contributed by atoms with Crippen molar-refractivity contribution in [2.24, 2.45) is 12.2 Å². The number of carbonyl (C=O) groups excluding carboxylic acids is 1. The van der Waals surface area contributed by atoms with Crippen LogP contribution in [0.3, 0.4) is 0 Å². The molecule has 0 bridgehead atoms. The molecule has 2 aromatic rings. The van der Waals surface area contributed by atoms with Crippen LogP contribution in [0, 0.1) is 0 Å². The molecule has 1 heterocycles. The van der Waals surface area contributed by atoms with Crippen molar-refractivity contribution in [1.82, 2.24) is 9.55 Å². The molecule has 6 nitrogen and oxygen atoms in total. The van der Waals surface area contributed by atoms with Gasteiger partial charge in [0.25, 0.3) is 0 Å². The summed E-state index contributed by atoms with van der Waals surface area (Å²) in [5, 5.41) is 12.1. The predicted molar refractivity (Wildman–Crippen MR) is 73.2 cm³/mol. The van der Waals surface area contributed by atoms with Crippen LogP contribution in [-0.2, 0) is 18.3 Å². The first kappa shape index (κ1) is 13.8. The lowest BCUT2D eigenvalue weighted by Crippen LogP contribution is -2.21. The molecule has 2 rings (SSSR count). The van der Waals surface area contributed by atoms with Crippen LogP contribution in [0.2, 0.25) is 0 Å². The zero-order chi connectivity index (χ0) is 14.5. The summed E-state index contributed by atoms with van der Waals surface area (Å²) in [5.41, 5.74) is 0.763. The van der Waals surface area contributed by atoms with E-state index in [0.717, 1.165) is 11.3 Å². The lowest BCUT2D eigenvalue weighted by Gasteiger charge is -2.05. The van der Waals surface area contributed by atoms with Crippen LogP contribution in [0.5, 0.6) is 5.75 Å². The normalized spacial score (nSPS) is 11.4. The summed E-state index contributed by atoms with van der Waals surface area (Å²) in [7, 11) is 3.31. The Labute approximate surface area is 116 Å². The first-order valence-corrected chi connectivity index (χ1v) is 6.01. The Morgan fingerprint density at radius 2 is 2.10 bits per heavy atom. The average molecular weight is 273 g/mol. The summed E-state index contributed by atoms with van der Waals surface area (Å²) in [6.07, 6.45) is 3.36. The molecule has 0 spiro atoms. The summed E-state index contributed by atoms with van der Waals surface area (Å²) in [5.74, 6) is 0.763. The maximum absolute atomic E-state index is 12.2. The second-order valence-electron chi connectivity index (χ2n) is 4.26. The monoisotopic (exact) mass is 273 g/mol. The van der Waals surface area contributed by atoms with Gasteiger partial charge in [-0.15, -0.1) is 0 Å². The number of ketones is 1. The molecule has 20 heavy (non-hydrogen) atoms. The third kappa shape index (κ3) is 2.85. The molecule has 0 atom stereocenters. The van der Waals surface area contributed by atoms with Gasteiger partial charge < -0.3 is 14.5 Å². The summed E-state index contributed by atoms with van der Waals surface area (Å²) in [6, 6.07) is 7.15. The molecule has 1 N–H and O–H groups in total. The van der Waals surface area contributed by atoms with E-state index in [4.69, 9.17) is 9.94 Å². The summed E-state index contributed by atoms with van der Waals surface area (Å²) < 4.78 is 6.68. The molecule has 0 aliphatic rings. The summed E-state index contributed by atoms with van der Waals surface area (Å²) in [4.78, 5) is 16.2. The van der Waals surface area contributed by atoms with E-state index in [9.17, 15) is 4.79 Å². The van der Waals surface area contributed by atoms with Gasteiger partial charge in [0.1, 0.15) is 5.75 Å². The number of aryl methyl sites for hydroxylation is 1. The van der Waals surface area contributed by atoms with Gasteiger partial charge >= 0.3 is 0 Å². The second kappa shape index (κ2) is 6.01.